The zero-order chi connectivity index (χ0) is 9.80. The van der Waals surface area contributed by atoms with Gasteiger partial charge in [0.25, 0.3) is 0 Å². The van der Waals surface area contributed by atoms with E-state index >= 15 is 0 Å². The van der Waals surface area contributed by atoms with Crippen LogP contribution in [0.2, 0.25) is 0 Å². The monoisotopic (exact) mass is 196 g/mol. The molecule has 1 aliphatic carbocycles. The Kier molecular flexibility index (Phi) is 3.82. The van der Waals surface area contributed by atoms with Crippen LogP contribution in [-0.2, 0) is 0 Å². The van der Waals surface area contributed by atoms with Crippen molar-refractivity contribution in [3.8, 4) is 0 Å². The summed E-state index contributed by atoms with van der Waals surface area (Å²) < 4.78 is 0. The van der Waals surface area contributed by atoms with Gasteiger partial charge in [0.2, 0.25) is 0 Å². The van der Waals surface area contributed by atoms with Crippen LogP contribution in [0.4, 0.5) is 0 Å². The molecule has 1 heterocycles. The lowest BCUT2D eigenvalue weighted by Crippen LogP contribution is -2.37. The van der Waals surface area contributed by atoms with E-state index in [0.29, 0.717) is 0 Å². The van der Waals surface area contributed by atoms with Crippen molar-refractivity contribution in [3.63, 3.8) is 0 Å². The molecule has 1 atom stereocenters. The molecule has 2 heteroatoms. The molecule has 0 aromatic carbocycles. The Hall–Kier alpha value is -0.0800. The fourth-order valence-corrected chi connectivity index (χ4v) is 2.98. The number of nitrogens with zero attached hydrogens (tertiary/aromatic N) is 1. The summed E-state index contributed by atoms with van der Waals surface area (Å²) >= 11 is 0. The third-order valence-electron chi connectivity index (χ3n) is 3.88. The summed E-state index contributed by atoms with van der Waals surface area (Å²) in [6.45, 7) is 1.24. The zero-order valence-corrected chi connectivity index (χ0v) is 9.47. The van der Waals surface area contributed by atoms with Crippen LogP contribution in [0.1, 0.15) is 51.4 Å². The molecule has 2 nitrogen and oxygen atoms in total. The minimum atomic E-state index is 0.790. The number of nitrogens with one attached hydrogen (secondary N) is 1. The summed E-state index contributed by atoms with van der Waals surface area (Å²) in [7, 11) is 2.17. The van der Waals surface area contributed by atoms with Crippen LogP contribution in [0.5, 0.6) is 0 Å². The molecular weight excluding hydrogens is 172 g/mol. The second-order valence-corrected chi connectivity index (χ2v) is 5.05. The summed E-state index contributed by atoms with van der Waals surface area (Å²) in [5, 5.41) is 2.27. The lowest BCUT2D eigenvalue weighted by molar-refractivity contribution is 0.232. The van der Waals surface area contributed by atoms with Gasteiger partial charge >= 0.3 is 0 Å². The first kappa shape index (κ1) is 10.4. The van der Waals surface area contributed by atoms with Gasteiger partial charge in [0.1, 0.15) is 0 Å². The van der Waals surface area contributed by atoms with E-state index in [9.17, 15) is 0 Å². The maximum Gasteiger partial charge on any atom is 0.0256 e. The van der Waals surface area contributed by atoms with Crippen molar-refractivity contribution in [1.29, 1.82) is 0 Å². The van der Waals surface area contributed by atoms with Crippen molar-refractivity contribution in [3.05, 3.63) is 0 Å². The SMILES string of the molecule is CN1CCC(C2CCCCCCC2)N1. The Labute approximate surface area is 88.0 Å². The maximum atomic E-state index is 3.61. The van der Waals surface area contributed by atoms with Crippen LogP contribution in [0.3, 0.4) is 0 Å². The van der Waals surface area contributed by atoms with Gasteiger partial charge in [-0.3, -0.25) is 5.43 Å². The van der Waals surface area contributed by atoms with E-state index in [2.05, 4.69) is 17.5 Å². The first-order valence-corrected chi connectivity index (χ1v) is 6.33. The van der Waals surface area contributed by atoms with E-state index in [0.717, 1.165) is 12.0 Å². The van der Waals surface area contributed by atoms with E-state index in [1.54, 1.807) is 0 Å². The number of hydrogen-bond acceptors (Lipinski definition) is 2. The lowest BCUT2D eigenvalue weighted by Gasteiger charge is -2.26. The third-order valence-corrected chi connectivity index (χ3v) is 3.88. The summed E-state index contributed by atoms with van der Waals surface area (Å²) in [5.74, 6) is 0.959. The molecule has 2 aliphatic rings. The molecule has 0 radical (unpaired) electrons. The largest absolute Gasteiger partial charge is 0.252 e. The lowest BCUT2D eigenvalue weighted by atomic mass is 9.85. The van der Waals surface area contributed by atoms with Crippen LogP contribution in [0, 0.1) is 5.92 Å². The number of rotatable bonds is 1. The quantitative estimate of drug-likeness (QED) is 0.693. The molecule has 1 N–H and O–H groups in total. The summed E-state index contributed by atoms with van der Waals surface area (Å²) in [4.78, 5) is 0. The molecule has 1 aliphatic heterocycles. The van der Waals surface area contributed by atoms with Gasteiger partial charge in [-0.25, -0.2) is 5.01 Å². The Morgan fingerprint density at radius 3 is 2.14 bits per heavy atom. The topological polar surface area (TPSA) is 15.3 Å². The molecule has 0 aromatic heterocycles. The number of hydrogen-bond donors (Lipinski definition) is 1. The van der Waals surface area contributed by atoms with Gasteiger partial charge in [-0.2, -0.15) is 0 Å². The molecule has 0 aromatic rings. The highest BCUT2D eigenvalue weighted by atomic mass is 15.5. The molecule has 14 heavy (non-hydrogen) atoms. The second kappa shape index (κ2) is 5.13. The third kappa shape index (κ3) is 2.71. The van der Waals surface area contributed by atoms with Crippen LogP contribution < -0.4 is 5.43 Å². The smallest absolute Gasteiger partial charge is 0.0256 e. The van der Waals surface area contributed by atoms with Crippen molar-refractivity contribution >= 4 is 0 Å². The molecule has 1 unspecified atom stereocenters. The Balaban J connectivity index is 1.81. The summed E-state index contributed by atoms with van der Waals surface area (Å²) in [6, 6.07) is 0.790. The van der Waals surface area contributed by atoms with E-state index in [4.69, 9.17) is 0 Å². The Morgan fingerprint density at radius 2 is 1.57 bits per heavy atom. The van der Waals surface area contributed by atoms with Crippen LogP contribution >= 0.6 is 0 Å². The second-order valence-electron chi connectivity index (χ2n) is 5.05. The molecule has 0 bridgehead atoms. The highest BCUT2D eigenvalue weighted by molar-refractivity contribution is 4.81. The van der Waals surface area contributed by atoms with Crippen LogP contribution in [-0.4, -0.2) is 24.6 Å². The molecule has 2 fully saturated rings. The minimum absolute atomic E-state index is 0.790. The fraction of sp³-hybridized carbons (Fsp3) is 1.00. The average molecular weight is 196 g/mol. The van der Waals surface area contributed by atoms with Gasteiger partial charge in [-0.05, 0) is 25.2 Å². The molecule has 0 amide bonds. The van der Waals surface area contributed by atoms with Gasteiger partial charge in [0.05, 0.1) is 0 Å². The minimum Gasteiger partial charge on any atom is -0.252 e. The van der Waals surface area contributed by atoms with Gasteiger partial charge in [-0.15, -0.1) is 0 Å². The van der Waals surface area contributed by atoms with Crippen molar-refractivity contribution in [1.82, 2.24) is 10.4 Å². The van der Waals surface area contributed by atoms with Gasteiger partial charge < -0.3 is 0 Å². The van der Waals surface area contributed by atoms with Crippen molar-refractivity contribution in [2.45, 2.75) is 57.4 Å². The van der Waals surface area contributed by atoms with E-state index < -0.39 is 0 Å². The van der Waals surface area contributed by atoms with Crippen molar-refractivity contribution < 1.29 is 0 Å². The normalized spacial score (nSPS) is 32.8. The first-order valence-electron chi connectivity index (χ1n) is 6.33. The van der Waals surface area contributed by atoms with E-state index in [1.807, 2.05) is 0 Å². The van der Waals surface area contributed by atoms with Crippen molar-refractivity contribution in [2.24, 2.45) is 5.92 Å². The van der Waals surface area contributed by atoms with Crippen LogP contribution in [0.15, 0.2) is 0 Å². The van der Waals surface area contributed by atoms with Gasteiger partial charge in [0.15, 0.2) is 0 Å². The van der Waals surface area contributed by atoms with E-state index in [1.165, 1.54) is 57.9 Å². The van der Waals surface area contributed by atoms with Crippen LogP contribution in [0.25, 0.3) is 0 Å². The predicted molar refractivity (Wildman–Crippen MR) is 60.0 cm³/mol. The zero-order valence-electron chi connectivity index (χ0n) is 9.47. The van der Waals surface area contributed by atoms with Gasteiger partial charge in [0, 0.05) is 19.6 Å². The molecular formula is C12H24N2. The average Bonchev–Trinajstić information content (AvgIpc) is 2.51. The predicted octanol–water partition coefficient (Wildman–Crippen LogP) is 2.56. The van der Waals surface area contributed by atoms with E-state index in [-0.39, 0.29) is 0 Å². The first-order chi connectivity index (χ1) is 6.86. The summed E-state index contributed by atoms with van der Waals surface area (Å²) in [5.41, 5.74) is 3.61. The standard InChI is InChI=1S/C12H24N2/c1-14-10-9-12(13-14)11-7-5-3-2-4-6-8-11/h11-13H,2-10H2,1H3. The van der Waals surface area contributed by atoms with Crippen molar-refractivity contribution in [2.75, 3.05) is 13.6 Å². The Morgan fingerprint density at radius 1 is 0.929 bits per heavy atom. The highest BCUT2D eigenvalue weighted by Crippen LogP contribution is 2.27. The summed E-state index contributed by atoms with van der Waals surface area (Å²) in [6.07, 6.45) is 11.6. The fourth-order valence-electron chi connectivity index (χ4n) is 2.98. The number of hydrazine groups is 1. The maximum absolute atomic E-state index is 3.61. The molecule has 1 saturated carbocycles. The highest BCUT2D eigenvalue weighted by Gasteiger charge is 2.26. The molecule has 1 saturated heterocycles. The molecule has 0 spiro atoms. The van der Waals surface area contributed by atoms with Gasteiger partial charge in [-0.1, -0.05) is 32.1 Å². The molecule has 2 rings (SSSR count). The molecule has 82 valence electrons. The Bertz CT molecular complexity index is 162.